The lowest BCUT2D eigenvalue weighted by Crippen LogP contribution is -2.35. The quantitative estimate of drug-likeness (QED) is 0.789. The zero-order valence-corrected chi connectivity index (χ0v) is 16.1. The van der Waals surface area contributed by atoms with Gasteiger partial charge in [0, 0.05) is 19.6 Å². The van der Waals surface area contributed by atoms with Gasteiger partial charge in [0.05, 0.1) is 18.8 Å². The molecule has 1 unspecified atom stereocenters. The molecule has 1 fully saturated rings. The first-order chi connectivity index (χ1) is 13.7. The van der Waals surface area contributed by atoms with Gasteiger partial charge in [-0.1, -0.05) is 24.3 Å². The van der Waals surface area contributed by atoms with Crippen LogP contribution in [0.25, 0.3) is 0 Å². The Morgan fingerprint density at radius 1 is 1.11 bits per heavy atom. The van der Waals surface area contributed by atoms with E-state index in [4.69, 9.17) is 9.47 Å². The molecule has 1 N–H and O–H groups in total. The van der Waals surface area contributed by atoms with Crippen LogP contribution in [0.5, 0.6) is 5.75 Å². The third-order valence-electron chi connectivity index (χ3n) is 5.62. The summed E-state index contributed by atoms with van der Waals surface area (Å²) < 4.78 is 25.0. The summed E-state index contributed by atoms with van der Waals surface area (Å²) >= 11 is 0. The van der Waals surface area contributed by atoms with E-state index < -0.39 is 6.10 Å². The Bertz CT molecular complexity index is 767. The van der Waals surface area contributed by atoms with Crippen molar-refractivity contribution in [2.24, 2.45) is 0 Å². The van der Waals surface area contributed by atoms with Crippen molar-refractivity contribution < 1.29 is 19.0 Å². The molecular formula is C23H28FNO3. The molecule has 1 aliphatic heterocycles. The van der Waals surface area contributed by atoms with Crippen LogP contribution in [-0.4, -0.2) is 48.5 Å². The molecule has 5 heteroatoms. The van der Waals surface area contributed by atoms with Gasteiger partial charge in [-0.15, -0.1) is 0 Å². The molecule has 0 spiro atoms. The fraction of sp³-hybridized carbons (Fsp3) is 0.478. The van der Waals surface area contributed by atoms with Gasteiger partial charge < -0.3 is 14.6 Å². The predicted octanol–water partition coefficient (Wildman–Crippen LogP) is 3.73. The number of hydrogen-bond donors (Lipinski definition) is 1. The highest BCUT2D eigenvalue weighted by molar-refractivity contribution is 5.31. The van der Waals surface area contributed by atoms with E-state index in [-0.39, 0.29) is 18.0 Å². The summed E-state index contributed by atoms with van der Waals surface area (Å²) in [6.45, 7) is 2.58. The van der Waals surface area contributed by atoms with E-state index in [1.807, 2.05) is 0 Å². The molecule has 2 aliphatic rings. The SMILES string of the molecule is OC(CO[C@H]1CCCc2ccccc21)CN1CC[C@H](Oc2ccc(F)cc2)C1. The molecule has 28 heavy (non-hydrogen) atoms. The normalized spacial score (nSPS) is 23.4. The number of aliphatic hydroxyl groups excluding tert-OH is 1. The van der Waals surface area contributed by atoms with E-state index in [9.17, 15) is 9.50 Å². The van der Waals surface area contributed by atoms with Crippen LogP contribution in [0, 0.1) is 5.82 Å². The number of β-amino-alcohol motifs (C(OH)–C–C–N with tert-alkyl or cyclic N) is 1. The van der Waals surface area contributed by atoms with Crippen LogP contribution in [0.1, 0.15) is 36.5 Å². The Morgan fingerprint density at radius 3 is 2.79 bits per heavy atom. The fourth-order valence-electron chi connectivity index (χ4n) is 4.23. The second-order valence-corrected chi connectivity index (χ2v) is 7.81. The topological polar surface area (TPSA) is 41.9 Å². The number of benzene rings is 2. The molecule has 1 saturated heterocycles. The average molecular weight is 385 g/mol. The molecule has 150 valence electrons. The van der Waals surface area contributed by atoms with Crippen LogP contribution in [0.4, 0.5) is 4.39 Å². The third-order valence-corrected chi connectivity index (χ3v) is 5.62. The smallest absolute Gasteiger partial charge is 0.123 e. The minimum atomic E-state index is -0.515. The average Bonchev–Trinajstić information content (AvgIpc) is 3.15. The van der Waals surface area contributed by atoms with Gasteiger partial charge in [0.15, 0.2) is 0 Å². The molecule has 0 aromatic heterocycles. The van der Waals surface area contributed by atoms with Gasteiger partial charge in [-0.3, -0.25) is 4.90 Å². The Kier molecular flexibility index (Phi) is 6.25. The monoisotopic (exact) mass is 385 g/mol. The largest absolute Gasteiger partial charge is 0.489 e. The second-order valence-electron chi connectivity index (χ2n) is 7.81. The highest BCUT2D eigenvalue weighted by Gasteiger charge is 2.27. The van der Waals surface area contributed by atoms with E-state index in [0.717, 1.165) is 38.8 Å². The number of likely N-dealkylation sites (tertiary alicyclic amines) is 1. The Morgan fingerprint density at radius 2 is 1.93 bits per heavy atom. The Hall–Kier alpha value is -1.95. The lowest BCUT2D eigenvalue weighted by Gasteiger charge is -2.27. The molecule has 3 atom stereocenters. The van der Waals surface area contributed by atoms with Crippen molar-refractivity contribution in [2.75, 3.05) is 26.2 Å². The summed E-state index contributed by atoms with van der Waals surface area (Å²) in [5.41, 5.74) is 2.64. The van der Waals surface area contributed by atoms with Crippen molar-refractivity contribution in [3.8, 4) is 5.75 Å². The highest BCUT2D eigenvalue weighted by atomic mass is 19.1. The molecule has 4 nitrogen and oxygen atoms in total. The third kappa shape index (κ3) is 4.90. The molecule has 2 aromatic carbocycles. The molecule has 1 heterocycles. The van der Waals surface area contributed by atoms with Crippen molar-refractivity contribution >= 4 is 0 Å². The molecule has 0 saturated carbocycles. The van der Waals surface area contributed by atoms with Crippen LogP contribution in [0.2, 0.25) is 0 Å². The first-order valence-corrected chi connectivity index (χ1v) is 10.2. The van der Waals surface area contributed by atoms with Crippen molar-refractivity contribution in [2.45, 2.75) is 44.0 Å². The van der Waals surface area contributed by atoms with Gasteiger partial charge in [-0.2, -0.15) is 0 Å². The maximum Gasteiger partial charge on any atom is 0.123 e. The number of hydrogen-bond acceptors (Lipinski definition) is 4. The predicted molar refractivity (Wildman–Crippen MR) is 106 cm³/mol. The number of ether oxygens (including phenoxy) is 2. The van der Waals surface area contributed by atoms with E-state index >= 15 is 0 Å². The standard InChI is InChI=1S/C23H28FNO3/c24-18-8-10-20(11-9-18)28-21-12-13-25(15-21)14-19(26)16-27-23-7-3-5-17-4-1-2-6-22(17)23/h1-2,4,6,8-11,19,21,23,26H,3,5,7,12-16H2/t19?,21-,23-/m0/s1. The van der Waals surface area contributed by atoms with E-state index in [1.54, 1.807) is 12.1 Å². The summed E-state index contributed by atoms with van der Waals surface area (Å²) in [5, 5.41) is 10.4. The molecule has 0 radical (unpaired) electrons. The summed E-state index contributed by atoms with van der Waals surface area (Å²) in [4.78, 5) is 2.21. The van der Waals surface area contributed by atoms with E-state index in [2.05, 4.69) is 29.2 Å². The number of nitrogens with zero attached hydrogens (tertiary/aromatic N) is 1. The van der Waals surface area contributed by atoms with E-state index in [0.29, 0.717) is 18.9 Å². The molecule has 0 bridgehead atoms. The van der Waals surface area contributed by atoms with Crippen molar-refractivity contribution in [1.29, 1.82) is 0 Å². The lowest BCUT2D eigenvalue weighted by atomic mass is 9.89. The van der Waals surface area contributed by atoms with Crippen LogP contribution in [0.15, 0.2) is 48.5 Å². The minimum Gasteiger partial charge on any atom is -0.489 e. The van der Waals surface area contributed by atoms with Crippen molar-refractivity contribution in [3.05, 3.63) is 65.5 Å². The number of halogens is 1. The lowest BCUT2D eigenvalue weighted by molar-refractivity contribution is -0.0268. The van der Waals surface area contributed by atoms with Gasteiger partial charge in [-0.05, 0) is 61.1 Å². The number of aryl methyl sites for hydroxylation is 1. The fourth-order valence-corrected chi connectivity index (χ4v) is 4.23. The van der Waals surface area contributed by atoms with Gasteiger partial charge in [-0.25, -0.2) is 4.39 Å². The van der Waals surface area contributed by atoms with Gasteiger partial charge in [0.2, 0.25) is 0 Å². The summed E-state index contributed by atoms with van der Waals surface area (Å²) in [5.74, 6) is 0.428. The first-order valence-electron chi connectivity index (χ1n) is 10.2. The maximum absolute atomic E-state index is 13.0. The number of aliphatic hydroxyl groups is 1. The molecular weight excluding hydrogens is 357 g/mol. The molecule has 1 aliphatic carbocycles. The molecule has 2 aromatic rings. The summed E-state index contributed by atoms with van der Waals surface area (Å²) in [6.07, 6.45) is 3.81. The van der Waals surface area contributed by atoms with Crippen molar-refractivity contribution in [3.63, 3.8) is 0 Å². The van der Waals surface area contributed by atoms with Crippen molar-refractivity contribution in [1.82, 2.24) is 4.90 Å². The zero-order valence-electron chi connectivity index (χ0n) is 16.1. The molecule has 0 amide bonds. The summed E-state index contributed by atoms with van der Waals surface area (Å²) in [7, 11) is 0. The van der Waals surface area contributed by atoms with Crippen LogP contribution < -0.4 is 4.74 Å². The van der Waals surface area contributed by atoms with E-state index in [1.165, 1.54) is 23.3 Å². The maximum atomic E-state index is 13.0. The van der Waals surface area contributed by atoms with Gasteiger partial charge in [0.1, 0.15) is 17.7 Å². The first kappa shape index (κ1) is 19.4. The van der Waals surface area contributed by atoms with Crippen LogP contribution in [0.3, 0.4) is 0 Å². The van der Waals surface area contributed by atoms with Gasteiger partial charge >= 0.3 is 0 Å². The molecule has 4 rings (SSSR count). The Labute approximate surface area is 165 Å². The van der Waals surface area contributed by atoms with Crippen LogP contribution >= 0.6 is 0 Å². The highest BCUT2D eigenvalue weighted by Crippen LogP contribution is 2.32. The minimum absolute atomic E-state index is 0.0730. The Balaban J connectivity index is 1.22. The number of rotatable bonds is 7. The summed E-state index contributed by atoms with van der Waals surface area (Å²) in [6, 6.07) is 14.6. The van der Waals surface area contributed by atoms with Gasteiger partial charge in [0.25, 0.3) is 0 Å². The zero-order chi connectivity index (χ0) is 19.3. The van der Waals surface area contributed by atoms with Crippen LogP contribution in [-0.2, 0) is 11.2 Å². The number of fused-ring (bicyclic) bond motifs is 1. The second kappa shape index (κ2) is 9.03.